The Balaban J connectivity index is 0. The van der Waals surface area contributed by atoms with E-state index in [9.17, 15) is 9.18 Å². The quantitative estimate of drug-likeness (QED) is 0.601. The molecule has 1 atom stereocenters. The molecule has 3 nitrogen and oxygen atoms in total. The van der Waals surface area contributed by atoms with Crippen molar-refractivity contribution in [2.75, 3.05) is 6.67 Å². The molecule has 0 saturated heterocycles. The first-order chi connectivity index (χ1) is 3.50. The highest BCUT2D eigenvalue weighted by molar-refractivity contribution is 5.85. The van der Waals surface area contributed by atoms with Crippen LogP contribution in [0.3, 0.4) is 0 Å². The SMILES string of the molecule is C[C@@](N)(CF)C(=O)O.Cl. The fraction of sp³-hybridized carbons (Fsp3) is 0.750. The molecule has 0 aliphatic carbocycles. The fourth-order valence-electron chi connectivity index (χ4n) is 0.0572. The number of alkyl halides is 1. The van der Waals surface area contributed by atoms with Crippen molar-refractivity contribution in [3.8, 4) is 0 Å². The Bertz CT molecular complexity index is 107. The van der Waals surface area contributed by atoms with Gasteiger partial charge in [0.15, 0.2) is 0 Å². The van der Waals surface area contributed by atoms with Gasteiger partial charge in [-0.3, -0.25) is 4.79 Å². The molecule has 56 valence electrons. The van der Waals surface area contributed by atoms with Crippen LogP contribution in [0, 0.1) is 0 Å². The van der Waals surface area contributed by atoms with Gasteiger partial charge in [0, 0.05) is 0 Å². The van der Waals surface area contributed by atoms with Crippen LogP contribution < -0.4 is 5.73 Å². The van der Waals surface area contributed by atoms with Gasteiger partial charge >= 0.3 is 5.97 Å². The first-order valence-electron chi connectivity index (χ1n) is 2.09. The number of hydrogen-bond donors (Lipinski definition) is 2. The summed E-state index contributed by atoms with van der Waals surface area (Å²) in [5.74, 6) is -1.32. The van der Waals surface area contributed by atoms with E-state index in [0.29, 0.717) is 0 Å². The minimum Gasteiger partial charge on any atom is -0.480 e. The molecular formula is C4H9ClFNO2. The summed E-state index contributed by atoms with van der Waals surface area (Å²) in [5, 5.41) is 8.08. The Kier molecular flexibility index (Phi) is 4.62. The Morgan fingerprint density at radius 2 is 2.22 bits per heavy atom. The summed E-state index contributed by atoms with van der Waals surface area (Å²) in [4.78, 5) is 9.89. The van der Waals surface area contributed by atoms with Crippen LogP contribution in [0.1, 0.15) is 6.92 Å². The Labute approximate surface area is 58.4 Å². The lowest BCUT2D eigenvalue weighted by molar-refractivity contribution is -0.143. The second kappa shape index (κ2) is 3.63. The fourth-order valence-corrected chi connectivity index (χ4v) is 0.0572. The van der Waals surface area contributed by atoms with E-state index in [1.165, 1.54) is 0 Å². The van der Waals surface area contributed by atoms with Gasteiger partial charge in [0.05, 0.1) is 0 Å². The summed E-state index contributed by atoms with van der Waals surface area (Å²) in [6.07, 6.45) is 0. The number of carbonyl (C=O) groups is 1. The number of hydrogen-bond acceptors (Lipinski definition) is 2. The van der Waals surface area contributed by atoms with Crippen LogP contribution in [0.4, 0.5) is 4.39 Å². The van der Waals surface area contributed by atoms with Crippen molar-refractivity contribution < 1.29 is 14.3 Å². The van der Waals surface area contributed by atoms with Crippen LogP contribution >= 0.6 is 12.4 Å². The van der Waals surface area contributed by atoms with E-state index in [1.807, 2.05) is 0 Å². The molecule has 0 aromatic heterocycles. The zero-order valence-electron chi connectivity index (χ0n) is 4.93. The number of halogens is 2. The van der Waals surface area contributed by atoms with Crippen molar-refractivity contribution in [2.45, 2.75) is 12.5 Å². The predicted molar refractivity (Wildman–Crippen MR) is 33.5 cm³/mol. The standard InChI is InChI=1S/C4H8FNO2.ClH/c1-4(6,2-5)3(7)8;/h2,6H2,1H3,(H,7,8);1H/t4-;/m1./s1. The van der Waals surface area contributed by atoms with E-state index in [4.69, 9.17) is 10.8 Å². The molecule has 3 N–H and O–H groups in total. The average Bonchev–Trinajstić information content (AvgIpc) is 1.67. The zero-order valence-corrected chi connectivity index (χ0v) is 5.74. The maximum Gasteiger partial charge on any atom is 0.326 e. The topological polar surface area (TPSA) is 63.3 Å². The third-order valence-electron chi connectivity index (χ3n) is 0.766. The van der Waals surface area contributed by atoms with Gasteiger partial charge in [0.2, 0.25) is 0 Å². The molecule has 9 heavy (non-hydrogen) atoms. The van der Waals surface area contributed by atoms with E-state index in [-0.39, 0.29) is 12.4 Å². The molecule has 0 heterocycles. The highest BCUT2D eigenvalue weighted by Gasteiger charge is 2.27. The van der Waals surface area contributed by atoms with Crippen LogP contribution in [0.2, 0.25) is 0 Å². The third kappa shape index (κ3) is 3.26. The van der Waals surface area contributed by atoms with Gasteiger partial charge in [-0.2, -0.15) is 0 Å². The molecule has 0 spiro atoms. The summed E-state index contributed by atoms with van der Waals surface area (Å²) in [6, 6.07) is 0. The van der Waals surface area contributed by atoms with E-state index in [1.54, 1.807) is 0 Å². The molecule has 0 radical (unpaired) electrons. The Morgan fingerprint density at radius 3 is 2.22 bits per heavy atom. The minimum atomic E-state index is -1.71. The van der Waals surface area contributed by atoms with Gasteiger partial charge < -0.3 is 10.8 Å². The van der Waals surface area contributed by atoms with Gasteiger partial charge in [-0.05, 0) is 6.92 Å². The van der Waals surface area contributed by atoms with Crippen molar-refractivity contribution in [1.82, 2.24) is 0 Å². The van der Waals surface area contributed by atoms with Crippen molar-refractivity contribution in [3.63, 3.8) is 0 Å². The molecule has 0 aromatic carbocycles. The number of carboxylic acids is 1. The lowest BCUT2D eigenvalue weighted by atomic mass is 10.1. The van der Waals surface area contributed by atoms with E-state index in [0.717, 1.165) is 6.92 Å². The number of rotatable bonds is 2. The van der Waals surface area contributed by atoms with E-state index in [2.05, 4.69) is 0 Å². The van der Waals surface area contributed by atoms with Gasteiger partial charge in [0.1, 0.15) is 12.2 Å². The van der Waals surface area contributed by atoms with E-state index >= 15 is 0 Å². The second-order valence-electron chi connectivity index (χ2n) is 1.86. The highest BCUT2D eigenvalue weighted by Crippen LogP contribution is 1.97. The minimum absolute atomic E-state index is 0. The number of nitrogens with two attached hydrogens (primary N) is 1. The van der Waals surface area contributed by atoms with E-state index < -0.39 is 18.2 Å². The van der Waals surface area contributed by atoms with Gasteiger partial charge in [0.25, 0.3) is 0 Å². The van der Waals surface area contributed by atoms with Crippen molar-refractivity contribution in [2.24, 2.45) is 5.73 Å². The summed E-state index contributed by atoms with van der Waals surface area (Å²) >= 11 is 0. The molecule has 0 aromatic rings. The van der Waals surface area contributed by atoms with Gasteiger partial charge in [-0.15, -0.1) is 12.4 Å². The number of aliphatic carboxylic acids is 1. The van der Waals surface area contributed by atoms with Crippen molar-refractivity contribution in [3.05, 3.63) is 0 Å². The molecule has 0 rings (SSSR count). The molecule has 0 saturated carbocycles. The molecule has 0 aliphatic rings. The van der Waals surface area contributed by atoms with Crippen molar-refractivity contribution in [1.29, 1.82) is 0 Å². The van der Waals surface area contributed by atoms with Crippen LogP contribution in [-0.4, -0.2) is 23.3 Å². The molecule has 0 amide bonds. The first-order valence-corrected chi connectivity index (χ1v) is 2.09. The molecule has 0 fully saturated rings. The first kappa shape index (κ1) is 11.4. The largest absolute Gasteiger partial charge is 0.480 e. The second-order valence-corrected chi connectivity index (χ2v) is 1.86. The molecule has 0 aliphatic heterocycles. The zero-order chi connectivity index (χ0) is 6.78. The lowest BCUT2D eigenvalue weighted by Gasteiger charge is -2.12. The molecular weight excluding hydrogens is 148 g/mol. The highest BCUT2D eigenvalue weighted by atomic mass is 35.5. The van der Waals surface area contributed by atoms with Crippen LogP contribution in [-0.2, 0) is 4.79 Å². The van der Waals surface area contributed by atoms with Crippen molar-refractivity contribution >= 4 is 18.4 Å². The van der Waals surface area contributed by atoms with Crippen LogP contribution in [0.25, 0.3) is 0 Å². The summed E-state index contributed by atoms with van der Waals surface area (Å²) in [7, 11) is 0. The molecule has 0 bridgehead atoms. The summed E-state index contributed by atoms with van der Waals surface area (Å²) in [5.41, 5.74) is 3.18. The normalized spacial score (nSPS) is 15.4. The average molecular weight is 158 g/mol. The lowest BCUT2D eigenvalue weighted by Crippen LogP contribution is -2.46. The maximum atomic E-state index is 11.5. The van der Waals surface area contributed by atoms with Gasteiger partial charge in [-0.25, -0.2) is 4.39 Å². The van der Waals surface area contributed by atoms with Crippen LogP contribution in [0.5, 0.6) is 0 Å². The third-order valence-corrected chi connectivity index (χ3v) is 0.766. The molecule has 5 heteroatoms. The van der Waals surface area contributed by atoms with Crippen LogP contribution in [0.15, 0.2) is 0 Å². The Morgan fingerprint density at radius 1 is 1.89 bits per heavy atom. The summed E-state index contributed by atoms with van der Waals surface area (Å²) < 4.78 is 11.5. The summed E-state index contributed by atoms with van der Waals surface area (Å²) in [6.45, 7) is 0.0810. The predicted octanol–water partition coefficient (Wildman–Crippen LogP) is 0.180. The maximum absolute atomic E-state index is 11.5. The van der Waals surface area contributed by atoms with Gasteiger partial charge in [-0.1, -0.05) is 0 Å². The Hall–Kier alpha value is -0.350. The molecule has 0 unspecified atom stereocenters. The smallest absolute Gasteiger partial charge is 0.326 e. The number of carboxylic acid groups (broad SMARTS) is 1. The monoisotopic (exact) mass is 157 g/mol.